The zero-order chi connectivity index (χ0) is 22.7. The number of carboxylic acids is 2. The van der Waals surface area contributed by atoms with E-state index in [0.29, 0.717) is 12.2 Å². The van der Waals surface area contributed by atoms with Crippen LogP contribution < -0.4 is 0 Å². The van der Waals surface area contributed by atoms with Crippen molar-refractivity contribution in [2.24, 2.45) is 0 Å². The number of aliphatic hydroxyl groups excluding tert-OH is 2. The van der Waals surface area contributed by atoms with Crippen LogP contribution in [-0.2, 0) is 14.3 Å². The summed E-state index contributed by atoms with van der Waals surface area (Å²) in [5, 5.41) is 34.8. The Balaban J connectivity index is 0.000000233. The van der Waals surface area contributed by atoms with Crippen molar-refractivity contribution in [2.45, 2.75) is 19.1 Å². The highest BCUT2D eigenvalue weighted by atomic mass is 16.5. The number of aliphatic hydroxyl groups is 2. The van der Waals surface area contributed by atoms with Gasteiger partial charge < -0.3 is 25.2 Å². The van der Waals surface area contributed by atoms with Crippen LogP contribution in [0.4, 0.5) is 0 Å². The Morgan fingerprint density at radius 3 is 1.90 bits per heavy atom. The fraction of sp³-hybridized carbons (Fsp3) is 0.174. The molecule has 2 atom stereocenters. The summed E-state index contributed by atoms with van der Waals surface area (Å²) in [6, 6.07) is 18.4. The largest absolute Gasteiger partial charge is 0.479 e. The summed E-state index contributed by atoms with van der Waals surface area (Å²) in [5.41, 5.74) is 5.41. The van der Waals surface area contributed by atoms with E-state index in [4.69, 9.17) is 25.2 Å². The third-order valence-electron chi connectivity index (χ3n) is 4.80. The van der Waals surface area contributed by atoms with Gasteiger partial charge in [-0.05, 0) is 52.1 Å². The van der Waals surface area contributed by atoms with Gasteiger partial charge in [0, 0.05) is 0 Å². The van der Waals surface area contributed by atoms with Crippen molar-refractivity contribution in [2.75, 3.05) is 6.61 Å². The van der Waals surface area contributed by atoms with Gasteiger partial charge in [0.25, 0.3) is 0 Å². The van der Waals surface area contributed by atoms with Gasteiger partial charge >= 0.3 is 17.9 Å². The zero-order valence-electron chi connectivity index (χ0n) is 16.5. The van der Waals surface area contributed by atoms with E-state index < -0.39 is 24.1 Å². The Morgan fingerprint density at radius 1 is 0.806 bits per heavy atom. The first kappa shape index (κ1) is 21.9. The van der Waals surface area contributed by atoms with Crippen LogP contribution in [0.3, 0.4) is 0 Å². The summed E-state index contributed by atoms with van der Waals surface area (Å²) in [6.07, 6.45) is -4.53. The van der Waals surface area contributed by atoms with Gasteiger partial charge in [-0.3, -0.25) is 0 Å². The topological polar surface area (TPSA) is 141 Å². The number of ether oxygens (including phenoxy) is 1. The molecule has 4 N–H and O–H groups in total. The van der Waals surface area contributed by atoms with Crippen LogP contribution in [0.15, 0.2) is 54.6 Å². The molecule has 4 rings (SSSR count). The molecule has 0 radical (unpaired) electrons. The van der Waals surface area contributed by atoms with Gasteiger partial charge in [-0.1, -0.05) is 42.5 Å². The van der Waals surface area contributed by atoms with Gasteiger partial charge in [0.1, 0.15) is 0 Å². The quantitative estimate of drug-likeness (QED) is 0.358. The molecule has 1 aliphatic rings. The Labute approximate surface area is 176 Å². The number of hydrogen-bond donors (Lipinski definition) is 4. The first-order valence-electron chi connectivity index (χ1n) is 9.41. The van der Waals surface area contributed by atoms with E-state index in [2.05, 4.69) is 30.3 Å². The van der Waals surface area contributed by atoms with E-state index in [1.54, 1.807) is 0 Å². The standard InChI is InChI=1S/C19H14O2.C4H6O6/c1-2-21-19(20)13-10-12-6-5-9-16-14-7-3-4-8-15(14)17(11-13)18(12)16;5-1(3(7)8)2(6)4(9)10/h3-11H,2H2,1H3;1-2,5-6H,(H,7,8)(H,9,10). The molecular weight excluding hydrogens is 404 g/mol. The summed E-state index contributed by atoms with van der Waals surface area (Å²) in [4.78, 5) is 31.6. The van der Waals surface area contributed by atoms with E-state index in [0.717, 1.165) is 10.9 Å². The average Bonchev–Trinajstić information content (AvgIpc) is 3.08. The van der Waals surface area contributed by atoms with Gasteiger partial charge in [0.05, 0.1) is 12.2 Å². The zero-order valence-corrected chi connectivity index (χ0v) is 16.5. The lowest BCUT2D eigenvalue weighted by Crippen LogP contribution is -2.39. The number of carbonyl (C=O) groups is 3. The SMILES string of the molecule is CCOC(=O)c1cc2c3c(cccc3c1)-c1ccccc1-2.O=C(O)C(O)C(O)C(=O)O. The van der Waals surface area contributed by atoms with Gasteiger partial charge in [0.2, 0.25) is 0 Å². The van der Waals surface area contributed by atoms with E-state index in [-0.39, 0.29) is 5.97 Å². The number of carboxylic acid groups (broad SMARTS) is 2. The number of carbonyl (C=O) groups excluding carboxylic acids is 1. The predicted molar refractivity (Wildman–Crippen MR) is 112 cm³/mol. The smallest absolute Gasteiger partial charge is 0.338 e. The fourth-order valence-electron chi connectivity index (χ4n) is 3.42. The van der Waals surface area contributed by atoms with Crippen LogP contribution in [0.25, 0.3) is 33.0 Å². The molecule has 0 aromatic heterocycles. The minimum atomic E-state index is -2.27. The summed E-state index contributed by atoms with van der Waals surface area (Å²) in [7, 11) is 0. The second-order valence-corrected chi connectivity index (χ2v) is 6.76. The molecule has 2 unspecified atom stereocenters. The number of rotatable bonds is 5. The molecule has 0 spiro atoms. The molecule has 0 bridgehead atoms. The normalized spacial score (nSPS) is 12.9. The van der Waals surface area contributed by atoms with Gasteiger partial charge in [0.15, 0.2) is 12.2 Å². The maximum absolute atomic E-state index is 12.1. The molecule has 0 saturated carbocycles. The first-order valence-corrected chi connectivity index (χ1v) is 9.41. The lowest BCUT2D eigenvalue weighted by Gasteiger charge is -2.07. The molecule has 160 valence electrons. The molecule has 3 aromatic carbocycles. The van der Waals surface area contributed by atoms with E-state index in [9.17, 15) is 14.4 Å². The third-order valence-corrected chi connectivity index (χ3v) is 4.80. The van der Waals surface area contributed by atoms with Gasteiger partial charge in [-0.2, -0.15) is 0 Å². The van der Waals surface area contributed by atoms with Crippen LogP contribution >= 0.6 is 0 Å². The molecule has 31 heavy (non-hydrogen) atoms. The van der Waals surface area contributed by atoms with Crippen LogP contribution in [-0.4, -0.2) is 57.1 Å². The van der Waals surface area contributed by atoms with Crippen molar-refractivity contribution in [3.63, 3.8) is 0 Å². The Bertz CT molecular complexity index is 1150. The lowest BCUT2D eigenvalue weighted by molar-refractivity contribution is -0.165. The molecule has 0 aliphatic heterocycles. The highest BCUT2D eigenvalue weighted by Crippen LogP contribution is 2.47. The van der Waals surface area contributed by atoms with Crippen molar-refractivity contribution in [3.8, 4) is 22.3 Å². The van der Waals surface area contributed by atoms with E-state index >= 15 is 0 Å². The summed E-state index contributed by atoms with van der Waals surface area (Å²) in [6.45, 7) is 2.22. The second kappa shape index (κ2) is 8.95. The predicted octanol–water partition coefficient (Wildman–Crippen LogP) is 2.54. The molecule has 3 aromatic rings. The fourth-order valence-corrected chi connectivity index (χ4v) is 3.42. The summed E-state index contributed by atoms with van der Waals surface area (Å²) in [5.74, 6) is -3.80. The summed E-state index contributed by atoms with van der Waals surface area (Å²) < 4.78 is 5.14. The number of hydrogen-bond acceptors (Lipinski definition) is 6. The molecule has 8 nitrogen and oxygen atoms in total. The van der Waals surface area contributed by atoms with Crippen molar-refractivity contribution in [3.05, 3.63) is 60.2 Å². The molecule has 0 fully saturated rings. The van der Waals surface area contributed by atoms with E-state index in [1.807, 2.05) is 31.2 Å². The number of aliphatic carboxylic acids is 2. The Kier molecular flexibility index (Phi) is 6.33. The Morgan fingerprint density at radius 2 is 1.35 bits per heavy atom. The lowest BCUT2D eigenvalue weighted by atomic mass is 10.00. The van der Waals surface area contributed by atoms with Crippen LogP contribution in [0.5, 0.6) is 0 Å². The van der Waals surface area contributed by atoms with Gasteiger partial charge in [-0.15, -0.1) is 0 Å². The highest BCUT2D eigenvalue weighted by molar-refractivity contribution is 6.16. The number of fused-ring (bicyclic) bond motifs is 3. The first-order chi connectivity index (χ1) is 14.8. The average molecular weight is 424 g/mol. The van der Waals surface area contributed by atoms with Crippen molar-refractivity contribution < 1.29 is 39.5 Å². The monoisotopic (exact) mass is 424 g/mol. The minimum Gasteiger partial charge on any atom is -0.479 e. The molecule has 0 saturated heterocycles. The van der Waals surface area contributed by atoms with Crippen molar-refractivity contribution >= 4 is 28.7 Å². The second-order valence-electron chi connectivity index (χ2n) is 6.76. The number of esters is 1. The Hall–Kier alpha value is -3.75. The maximum atomic E-state index is 12.1. The number of benzene rings is 3. The van der Waals surface area contributed by atoms with Crippen LogP contribution in [0.1, 0.15) is 17.3 Å². The summed E-state index contributed by atoms with van der Waals surface area (Å²) >= 11 is 0. The van der Waals surface area contributed by atoms with E-state index in [1.165, 1.54) is 22.1 Å². The minimum absolute atomic E-state index is 0.259. The molecule has 1 aliphatic carbocycles. The van der Waals surface area contributed by atoms with Crippen LogP contribution in [0, 0.1) is 0 Å². The molecule has 0 heterocycles. The van der Waals surface area contributed by atoms with Crippen molar-refractivity contribution in [1.29, 1.82) is 0 Å². The third kappa shape index (κ3) is 4.25. The maximum Gasteiger partial charge on any atom is 0.338 e. The van der Waals surface area contributed by atoms with Gasteiger partial charge in [-0.25, -0.2) is 14.4 Å². The molecular formula is C23H20O8. The molecule has 8 heteroatoms. The highest BCUT2D eigenvalue weighted by Gasteiger charge is 2.29. The van der Waals surface area contributed by atoms with Crippen LogP contribution in [0.2, 0.25) is 0 Å². The van der Waals surface area contributed by atoms with Crippen molar-refractivity contribution in [1.82, 2.24) is 0 Å². The molecule has 0 amide bonds.